The first-order chi connectivity index (χ1) is 8.72. The summed E-state index contributed by atoms with van der Waals surface area (Å²) in [6, 6.07) is -0.250. The summed E-state index contributed by atoms with van der Waals surface area (Å²) in [6.45, 7) is 4.41. The van der Waals surface area contributed by atoms with E-state index in [0.29, 0.717) is 12.4 Å². The van der Waals surface area contributed by atoms with Crippen molar-refractivity contribution in [1.82, 2.24) is 4.90 Å². The summed E-state index contributed by atoms with van der Waals surface area (Å²) in [5, 5.41) is 9.16. The van der Waals surface area contributed by atoms with Crippen LogP contribution in [0.1, 0.15) is 0 Å². The van der Waals surface area contributed by atoms with Gasteiger partial charge in [-0.2, -0.15) is 0 Å². The lowest BCUT2D eigenvalue weighted by molar-refractivity contribution is 0.0652. The molecule has 1 saturated heterocycles. The van der Waals surface area contributed by atoms with E-state index >= 15 is 0 Å². The molecule has 0 aliphatic carbocycles. The molecule has 96 valence electrons. The monoisotopic (exact) mass is 249 g/mol. The second-order valence-electron chi connectivity index (χ2n) is 4.48. The number of rotatable bonds is 2. The van der Waals surface area contributed by atoms with Crippen LogP contribution in [0, 0.1) is 0 Å². The van der Waals surface area contributed by atoms with Crippen molar-refractivity contribution in [2.24, 2.45) is 20.7 Å². The Morgan fingerprint density at radius 2 is 2.39 bits per heavy atom. The molecule has 0 saturated carbocycles. The molecule has 3 aliphatic heterocycles. The number of fused-ring (bicyclic) bond motifs is 1. The number of hydrogen-bond acceptors (Lipinski definition) is 7. The van der Waals surface area contributed by atoms with Gasteiger partial charge in [0.1, 0.15) is 24.3 Å². The maximum absolute atomic E-state index is 9.16. The Balaban J connectivity index is 1.80. The van der Waals surface area contributed by atoms with Crippen LogP contribution in [0.25, 0.3) is 0 Å². The highest BCUT2D eigenvalue weighted by Gasteiger charge is 2.42. The summed E-state index contributed by atoms with van der Waals surface area (Å²) in [6.07, 6.45) is 2.70. The van der Waals surface area contributed by atoms with Gasteiger partial charge in [-0.25, -0.2) is 9.98 Å². The molecule has 0 aromatic rings. The molecule has 0 spiro atoms. The van der Waals surface area contributed by atoms with Gasteiger partial charge in [-0.05, 0) is 5.57 Å². The normalized spacial score (nSPS) is 38.2. The number of ether oxygens (including phenoxy) is 1. The van der Waals surface area contributed by atoms with Crippen molar-refractivity contribution in [1.29, 1.82) is 0 Å². The minimum atomic E-state index is -0.305. The molecule has 4 atom stereocenters. The predicted molar refractivity (Wildman–Crippen MR) is 67.8 cm³/mol. The fourth-order valence-electron chi connectivity index (χ4n) is 2.44. The quantitative estimate of drug-likeness (QED) is 0.597. The van der Waals surface area contributed by atoms with Crippen LogP contribution in [0.15, 0.2) is 27.1 Å². The van der Waals surface area contributed by atoms with E-state index < -0.39 is 0 Å². The smallest absolute Gasteiger partial charge is 0.154 e. The van der Waals surface area contributed by atoms with Gasteiger partial charge in [0.2, 0.25) is 0 Å². The highest BCUT2D eigenvalue weighted by atomic mass is 16.5. The van der Waals surface area contributed by atoms with Crippen molar-refractivity contribution >= 4 is 18.5 Å². The zero-order chi connectivity index (χ0) is 12.7. The Bertz CT molecular complexity index is 458. The van der Waals surface area contributed by atoms with Crippen molar-refractivity contribution in [3.05, 3.63) is 12.2 Å². The van der Waals surface area contributed by atoms with Gasteiger partial charge >= 0.3 is 0 Å². The third kappa shape index (κ3) is 1.55. The minimum Gasteiger partial charge on any atom is -0.393 e. The molecule has 1 fully saturated rings. The lowest BCUT2D eigenvalue weighted by Gasteiger charge is -2.30. The molecule has 0 aromatic heterocycles. The van der Waals surface area contributed by atoms with Crippen molar-refractivity contribution in [2.45, 2.75) is 24.4 Å². The van der Waals surface area contributed by atoms with Crippen molar-refractivity contribution in [2.75, 3.05) is 13.2 Å². The van der Waals surface area contributed by atoms with E-state index in [9.17, 15) is 0 Å². The molecule has 3 heterocycles. The van der Waals surface area contributed by atoms with Crippen LogP contribution in [0.5, 0.6) is 0 Å². The molecule has 0 bridgehead atoms. The molecular weight excluding hydrogens is 234 g/mol. The number of aliphatic hydroxyl groups excluding tert-OH is 1. The fourth-order valence-corrected chi connectivity index (χ4v) is 2.44. The summed E-state index contributed by atoms with van der Waals surface area (Å²) in [7, 11) is 0. The summed E-state index contributed by atoms with van der Waals surface area (Å²) < 4.78 is 5.48. The average molecular weight is 249 g/mol. The summed E-state index contributed by atoms with van der Waals surface area (Å²) in [5.74, 6) is 0.469. The Kier molecular flexibility index (Phi) is 2.64. The van der Waals surface area contributed by atoms with E-state index in [4.69, 9.17) is 15.6 Å². The van der Waals surface area contributed by atoms with Crippen molar-refractivity contribution < 1.29 is 9.84 Å². The third-order valence-corrected chi connectivity index (χ3v) is 3.50. The maximum atomic E-state index is 9.16. The Hall–Kier alpha value is -1.73. The Labute approximate surface area is 104 Å². The first kappa shape index (κ1) is 11.4. The molecule has 3 rings (SSSR count). The molecule has 2 unspecified atom stereocenters. The van der Waals surface area contributed by atoms with Gasteiger partial charge in [-0.3, -0.25) is 4.99 Å². The van der Waals surface area contributed by atoms with Crippen LogP contribution >= 0.6 is 0 Å². The van der Waals surface area contributed by atoms with E-state index in [1.165, 1.54) is 6.34 Å². The van der Waals surface area contributed by atoms with Crippen LogP contribution in [0.2, 0.25) is 0 Å². The molecule has 0 radical (unpaired) electrons. The molecule has 3 N–H and O–H groups in total. The van der Waals surface area contributed by atoms with Gasteiger partial charge < -0.3 is 20.5 Å². The predicted octanol–water partition coefficient (Wildman–Crippen LogP) is -1.26. The van der Waals surface area contributed by atoms with E-state index in [1.54, 1.807) is 6.34 Å². The first-order valence-corrected chi connectivity index (χ1v) is 5.79. The fraction of sp³-hybridized carbons (Fsp3) is 0.545. The minimum absolute atomic E-state index is 0.0241. The summed E-state index contributed by atoms with van der Waals surface area (Å²) in [4.78, 5) is 14.6. The van der Waals surface area contributed by atoms with Crippen molar-refractivity contribution in [3.63, 3.8) is 0 Å². The number of hydrogen-bond donors (Lipinski definition) is 2. The molecular formula is C11H15N5O2. The van der Waals surface area contributed by atoms with Gasteiger partial charge in [0.25, 0.3) is 0 Å². The zero-order valence-electron chi connectivity index (χ0n) is 9.81. The molecule has 18 heavy (non-hydrogen) atoms. The van der Waals surface area contributed by atoms with E-state index in [0.717, 1.165) is 5.57 Å². The number of nitrogens with two attached hydrogens (primary N) is 1. The zero-order valence-corrected chi connectivity index (χ0v) is 9.81. The van der Waals surface area contributed by atoms with E-state index in [1.807, 2.05) is 4.90 Å². The van der Waals surface area contributed by atoms with Gasteiger partial charge in [0.05, 0.1) is 25.6 Å². The van der Waals surface area contributed by atoms with Crippen LogP contribution in [0.3, 0.4) is 0 Å². The SMILES string of the molecule is C=C1[C@H](N2C=NC3C(N)=NC=NC32)CO[C@@H]1CO. The Morgan fingerprint density at radius 3 is 3.11 bits per heavy atom. The van der Waals surface area contributed by atoms with Gasteiger partial charge in [0.15, 0.2) is 6.17 Å². The summed E-state index contributed by atoms with van der Waals surface area (Å²) in [5.41, 5.74) is 6.64. The maximum Gasteiger partial charge on any atom is 0.154 e. The number of aliphatic imine (C=N–C) groups is 3. The topological polar surface area (TPSA) is 95.8 Å². The molecule has 0 amide bonds. The lowest BCUT2D eigenvalue weighted by Crippen LogP contribution is -2.48. The summed E-state index contributed by atoms with van der Waals surface area (Å²) >= 11 is 0. The largest absolute Gasteiger partial charge is 0.393 e. The molecule has 3 aliphatic rings. The van der Waals surface area contributed by atoms with Crippen LogP contribution in [-0.4, -0.2) is 66.1 Å². The average Bonchev–Trinajstić information content (AvgIpc) is 2.93. The van der Waals surface area contributed by atoms with Gasteiger partial charge in [-0.1, -0.05) is 6.58 Å². The van der Waals surface area contributed by atoms with Crippen LogP contribution in [-0.2, 0) is 4.74 Å². The molecule has 7 nitrogen and oxygen atoms in total. The second kappa shape index (κ2) is 4.18. The van der Waals surface area contributed by atoms with Crippen LogP contribution in [0.4, 0.5) is 0 Å². The second-order valence-corrected chi connectivity index (χ2v) is 4.48. The van der Waals surface area contributed by atoms with E-state index in [2.05, 4.69) is 21.6 Å². The molecule has 7 heteroatoms. The number of nitrogens with zero attached hydrogens (tertiary/aromatic N) is 4. The highest BCUT2D eigenvalue weighted by Crippen LogP contribution is 2.29. The highest BCUT2D eigenvalue weighted by molar-refractivity contribution is 5.96. The number of amidine groups is 1. The Morgan fingerprint density at radius 1 is 1.56 bits per heavy atom. The first-order valence-electron chi connectivity index (χ1n) is 5.79. The molecule has 0 aromatic carbocycles. The van der Waals surface area contributed by atoms with Gasteiger partial charge in [-0.15, -0.1) is 0 Å². The van der Waals surface area contributed by atoms with Crippen LogP contribution < -0.4 is 5.73 Å². The van der Waals surface area contributed by atoms with Crippen molar-refractivity contribution in [3.8, 4) is 0 Å². The van der Waals surface area contributed by atoms with Gasteiger partial charge in [0, 0.05) is 0 Å². The third-order valence-electron chi connectivity index (χ3n) is 3.50. The lowest BCUT2D eigenvalue weighted by atomic mass is 10.0. The van der Waals surface area contributed by atoms with E-state index in [-0.39, 0.29) is 31.0 Å². The standard InChI is InChI=1S/C11H15N5O2/c1-6-7(3-18-8(6)2-17)16-5-15-9-10(12)13-4-14-11(9)16/h4-5,7-9,11,17H,1-3H2,(H2,12,13,14)/t7-,8-,9?,11?/m1/s1. The number of aliphatic hydroxyl groups is 1.